The van der Waals surface area contributed by atoms with Gasteiger partial charge in [0.2, 0.25) is 5.91 Å². The van der Waals surface area contributed by atoms with Gasteiger partial charge in [0.15, 0.2) is 9.84 Å². The van der Waals surface area contributed by atoms with E-state index in [0.29, 0.717) is 12.8 Å². The van der Waals surface area contributed by atoms with Crippen LogP contribution in [-0.2, 0) is 19.4 Å². The van der Waals surface area contributed by atoms with Gasteiger partial charge in [0.05, 0.1) is 23.6 Å². The molecule has 2 aliphatic rings. The summed E-state index contributed by atoms with van der Waals surface area (Å²) >= 11 is 0. The van der Waals surface area contributed by atoms with Crippen LogP contribution >= 0.6 is 0 Å². The van der Waals surface area contributed by atoms with E-state index >= 15 is 0 Å². The molecule has 106 valence electrons. The molecule has 4 atom stereocenters. The van der Waals surface area contributed by atoms with Crippen LogP contribution in [0.15, 0.2) is 11.5 Å². The fraction of sp³-hybridized carbons (Fsp3) is 0.667. The van der Waals surface area contributed by atoms with Crippen molar-refractivity contribution in [3.8, 4) is 0 Å². The normalized spacial score (nSPS) is 36.3. The monoisotopic (exact) mass is 287 g/mol. The van der Waals surface area contributed by atoms with Gasteiger partial charge < -0.3 is 10.4 Å². The fourth-order valence-corrected chi connectivity index (χ4v) is 4.05. The molecule has 1 aliphatic carbocycles. The van der Waals surface area contributed by atoms with Crippen LogP contribution in [0.2, 0.25) is 0 Å². The highest BCUT2D eigenvalue weighted by molar-refractivity contribution is 7.94. The van der Waals surface area contributed by atoms with E-state index in [9.17, 15) is 18.0 Å². The Hall–Kier alpha value is -1.37. The minimum absolute atomic E-state index is 0.140. The summed E-state index contributed by atoms with van der Waals surface area (Å²) in [7, 11) is -3.22. The largest absolute Gasteiger partial charge is 0.481 e. The molecule has 0 aromatic heterocycles. The Bertz CT molecular complexity index is 524. The number of carbonyl (C=O) groups is 2. The lowest BCUT2D eigenvalue weighted by molar-refractivity contribution is -0.146. The Morgan fingerprint density at radius 3 is 2.42 bits per heavy atom. The Morgan fingerprint density at radius 2 is 1.89 bits per heavy atom. The van der Waals surface area contributed by atoms with E-state index in [1.54, 1.807) is 0 Å². The quantitative estimate of drug-likeness (QED) is 0.770. The molecule has 0 bridgehead atoms. The zero-order valence-electron chi connectivity index (χ0n) is 10.6. The summed E-state index contributed by atoms with van der Waals surface area (Å²) in [5, 5.41) is 12.8. The van der Waals surface area contributed by atoms with Crippen molar-refractivity contribution >= 4 is 21.7 Å². The summed E-state index contributed by atoms with van der Waals surface area (Å²) in [5.74, 6) is -2.50. The number of rotatable bonds is 3. The van der Waals surface area contributed by atoms with Crippen LogP contribution in [0.4, 0.5) is 0 Å². The summed E-state index contributed by atoms with van der Waals surface area (Å²) in [6.45, 7) is 1.92. The lowest BCUT2D eigenvalue weighted by Gasteiger charge is -2.17. The van der Waals surface area contributed by atoms with Crippen LogP contribution in [-0.4, -0.2) is 37.2 Å². The summed E-state index contributed by atoms with van der Waals surface area (Å²) < 4.78 is 22.5. The van der Waals surface area contributed by atoms with E-state index < -0.39 is 33.7 Å². The van der Waals surface area contributed by atoms with Crippen molar-refractivity contribution in [2.45, 2.75) is 25.8 Å². The molecule has 1 amide bonds. The number of aliphatic carboxylic acids is 1. The van der Waals surface area contributed by atoms with Gasteiger partial charge in [-0.05, 0) is 24.8 Å². The average Bonchev–Trinajstić information content (AvgIpc) is 2.82. The van der Waals surface area contributed by atoms with Gasteiger partial charge >= 0.3 is 5.97 Å². The average molecular weight is 287 g/mol. The second-order valence-electron chi connectivity index (χ2n) is 5.40. The SMILES string of the molecule is CC1CC(C(=O)O)C(C(=O)NC2C=CS(=O)(=O)C2)C1. The third-order valence-corrected chi connectivity index (χ3v) is 5.11. The standard InChI is InChI=1S/C12H17NO5S/c1-7-4-9(10(5-7)12(15)16)11(14)13-8-2-3-19(17,18)6-8/h2-3,7-10H,4-6H2,1H3,(H,13,14)(H,15,16). The van der Waals surface area contributed by atoms with Gasteiger partial charge in [0.1, 0.15) is 0 Å². The van der Waals surface area contributed by atoms with Crippen molar-refractivity contribution in [2.24, 2.45) is 17.8 Å². The molecule has 1 fully saturated rings. The molecule has 7 heteroatoms. The van der Waals surface area contributed by atoms with E-state index in [1.165, 1.54) is 6.08 Å². The summed E-state index contributed by atoms with van der Waals surface area (Å²) in [6, 6.07) is -0.539. The van der Waals surface area contributed by atoms with Gasteiger partial charge in [0, 0.05) is 5.41 Å². The van der Waals surface area contributed by atoms with Crippen LogP contribution in [0.1, 0.15) is 19.8 Å². The molecule has 0 aromatic carbocycles. The maximum Gasteiger partial charge on any atom is 0.307 e. The third kappa shape index (κ3) is 3.15. The molecule has 0 spiro atoms. The van der Waals surface area contributed by atoms with Gasteiger partial charge in [0.25, 0.3) is 0 Å². The number of hydrogen-bond donors (Lipinski definition) is 2. The van der Waals surface area contributed by atoms with Crippen LogP contribution in [0.5, 0.6) is 0 Å². The zero-order valence-corrected chi connectivity index (χ0v) is 11.4. The number of carboxylic acid groups (broad SMARTS) is 1. The molecule has 0 aromatic rings. The first kappa shape index (κ1) is 14.0. The van der Waals surface area contributed by atoms with Gasteiger partial charge in [-0.15, -0.1) is 0 Å². The van der Waals surface area contributed by atoms with Gasteiger partial charge in [-0.25, -0.2) is 8.42 Å². The first-order valence-corrected chi connectivity index (χ1v) is 7.94. The third-order valence-electron chi connectivity index (χ3n) is 3.71. The maximum atomic E-state index is 12.1. The summed E-state index contributed by atoms with van der Waals surface area (Å²) in [5.41, 5.74) is 0. The van der Waals surface area contributed by atoms with E-state index in [0.717, 1.165) is 5.41 Å². The van der Waals surface area contributed by atoms with Crippen LogP contribution in [0.3, 0.4) is 0 Å². The lowest BCUT2D eigenvalue weighted by Crippen LogP contribution is -2.41. The number of carboxylic acids is 1. The van der Waals surface area contributed by atoms with E-state index in [4.69, 9.17) is 5.11 Å². The van der Waals surface area contributed by atoms with Gasteiger partial charge in [-0.2, -0.15) is 0 Å². The predicted molar refractivity (Wildman–Crippen MR) is 67.9 cm³/mol. The summed E-state index contributed by atoms with van der Waals surface area (Å²) in [4.78, 5) is 23.2. The molecule has 6 nitrogen and oxygen atoms in total. The number of carbonyl (C=O) groups excluding carboxylic acids is 1. The second-order valence-corrected chi connectivity index (χ2v) is 7.33. The molecule has 4 unspecified atom stereocenters. The van der Waals surface area contributed by atoms with E-state index in [1.807, 2.05) is 6.92 Å². The van der Waals surface area contributed by atoms with Crippen LogP contribution in [0, 0.1) is 17.8 Å². The Balaban J connectivity index is 2.00. The minimum Gasteiger partial charge on any atom is -0.481 e. The highest BCUT2D eigenvalue weighted by Crippen LogP contribution is 2.36. The Labute approximate surface area is 111 Å². The van der Waals surface area contributed by atoms with Crippen molar-refractivity contribution in [2.75, 3.05) is 5.75 Å². The Morgan fingerprint density at radius 1 is 1.26 bits per heavy atom. The number of sulfone groups is 1. The van der Waals surface area contributed by atoms with Crippen molar-refractivity contribution in [1.29, 1.82) is 0 Å². The fourth-order valence-electron chi connectivity index (χ4n) is 2.81. The molecule has 1 heterocycles. The van der Waals surface area contributed by atoms with E-state index in [-0.39, 0.29) is 17.6 Å². The topological polar surface area (TPSA) is 101 Å². The second kappa shape index (κ2) is 4.96. The molecule has 1 aliphatic heterocycles. The predicted octanol–water partition coefficient (Wildman–Crippen LogP) is 0.160. The van der Waals surface area contributed by atoms with Crippen molar-refractivity contribution in [3.05, 3.63) is 11.5 Å². The molecule has 19 heavy (non-hydrogen) atoms. The van der Waals surface area contributed by atoms with Gasteiger partial charge in [-0.1, -0.05) is 6.92 Å². The Kier molecular flexibility index (Phi) is 3.66. The molecule has 0 radical (unpaired) electrons. The maximum absolute atomic E-state index is 12.1. The first-order chi connectivity index (χ1) is 8.78. The molecule has 2 rings (SSSR count). The molecule has 1 saturated carbocycles. The number of amides is 1. The van der Waals surface area contributed by atoms with E-state index in [2.05, 4.69) is 5.32 Å². The van der Waals surface area contributed by atoms with Crippen molar-refractivity contribution in [1.82, 2.24) is 5.32 Å². The molecule has 2 N–H and O–H groups in total. The number of nitrogens with one attached hydrogen (secondary N) is 1. The van der Waals surface area contributed by atoms with Crippen molar-refractivity contribution in [3.63, 3.8) is 0 Å². The van der Waals surface area contributed by atoms with Gasteiger partial charge in [-0.3, -0.25) is 9.59 Å². The smallest absolute Gasteiger partial charge is 0.307 e. The lowest BCUT2D eigenvalue weighted by atomic mass is 9.95. The first-order valence-electron chi connectivity index (χ1n) is 6.22. The van der Waals surface area contributed by atoms with Crippen molar-refractivity contribution < 1.29 is 23.1 Å². The molecular formula is C12H17NO5S. The highest BCUT2D eigenvalue weighted by Gasteiger charge is 2.41. The van der Waals surface area contributed by atoms with Crippen LogP contribution < -0.4 is 5.32 Å². The molecular weight excluding hydrogens is 270 g/mol. The zero-order chi connectivity index (χ0) is 14.2. The minimum atomic E-state index is -3.22. The molecule has 0 saturated heterocycles. The van der Waals surface area contributed by atoms with Crippen LogP contribution in [0.25, 0.3) is 0 Å². The highest BCUT2D eigenvalue weighted by atomic mass is 32.2. The summed E-state index contributed by atoms with van der Waals surface area (Å²) in [6.07, 6.45) is 2.46. The number of hydrogen-bond acceptors (Lipinski definition) is 4.